The minimum atomic E-state index is -1.11. The van der Waals surface area contributed by atoms with Crippen molar-refractivity contribution in [2.24, 2.45) is 5.92 Å². The predicted molar refractivity (Wildman–Crippen MR) is 93.9 cm³/mol. The van der Waals surface area contributed by atoms with Gasteiger partial charge in [0.15, 0.2) is 0 Å². The van der Waals surface area contributed by atoms with E-state index in [-0.39, 0.29) is 0 Å². The van der Waals surface area contributed by atoms with Crippen LogP contribution in [0.25, 0.3) is 4.98 Å². The maximum absolute atomic E-state index is 4.93. The second kappa shape index (κ2) is 16.4. The molecule has 0 aliphatic heterocycles. The zero-order chi connectivity index (χ0) is 15.1. The second-order valence-corrected chi connectivity index (χ2v) is 15.0. The summed E-state index contributed by atoms with van der Waals surface area (Å²) in [7, 11) is 8.76. The molecule has 1 aliphatic rings. The summed E-state index contributed by atoms with van der Waals surface area (Å²) >= 11 is 0.924. The molecule has 0 atom stereocenters. The van der Waals surface area contributed by atoms with Gasteiger partial charge in [-0.15, -0.1) is 0 Å². The quantitative estimate of drug-likeness (QED) is 0.363. The van der Waals surface area contributed by atoms with Crippen LogP contribution in [0.5, 0.6) is 0 Å². The molecule has 0 N–H and O–H groups in total. The molecule has 0 spiro atoms. The number of nitrogens with zero attached hydrogens (tertiary/aromatic N) is 1. The number of hydrogen-bond acceptors (Lipinski definition) is 1. The Hall–Kier alpha value is 1.99. The van der Waals surface area contributed by atoms with Gasteiger partial charge in [-0.3, -0.25) is 0 Å². The molecule has 0 amide bonds. The van der Waals surface area contributed by atoms with E-state index in [2.05, 4.69) is 19.6 Å². The second-order valence-electron chi connectivity index (χ2n) is 5.82. The molecule has 114 valence electrons. The number of hydrogen-bond donors (Lipinski definition) is 0. The standard InChI is InChI=1S/C11H24NSi.C2H6S.2ClH.Zr/c1-13(2,3)12-10-6-9-11-7-4-5-8-11;1-3-2;;;/h11H,4-10H2,1-3H3;1-2H3;2*1H;/q-1;;;;+4/p-2. The first-order valence-corrected chi connectivity index (χ1v) is 18.4. The van der Waals surface area contributed by atoms with Crippen LogP contribution >= 0.6 is 28.8 Å². The van der Waals surface area contributed by atoms with E-state index < -0.39 is 29.1 Å². The molecular weight excluding hydrogens is 392 g/mol. The molecule has 0 aromatic carbocycles. The fraction of sp³-hybridized carbons (Fsp3) is 1.00. The Morgan fingerprint density at radius 2 is 1.58 bits per heavy atom. The van der Waals surface area contributed by atoms with E-state index in [9.17, 15) is 0 Å². The summed E-state index contributed by atoms with van der Waals surface area (Å²) in [5.41, 5.74) is 0. The monoisotopic (exact) mass is 420 g/mol. The zero-order valence-electron chi connectivity index (χ0n) is 13.1. The van der Waals surface area contributed by atoms with Crippen LogP contribution in [0.1, 0.15) is 38.5 Å². The third kappa shape index (κ3) is 22.4. The third-order valence-electron chi connectivity index (χ3n) is 2.83. The molecule has 6 heteroatoms. The van der Waals surface area contributed by atoms with Crippen molar-refractivity contribution in [1.82, 2.24) is 0 Å². The van der Waals surface area contributed by atoms with Gasteiger partial charge in [0.1, 0.15) is 0 Å². The summed E-state index contributed by atoms with van der Waals surface area (Å²) in [5.74, 6) is 1.05. The van der Waals surface area contributed by atoms with Crippen LogP contribution in [0.3, 0.4) is 0 Å². The SMILES string of the molecule is CSC.C[Si](C)(C)[N-]CCCC1CCCC1.[Cl][Zr+2][Cl]. The number of halogens is 2. The molecule has 0 bridgehead atoms. The van der Waals surface area contributed by atoms with Gasteiger partial charge in [0.2, 0.25) is 0 Å². The summed E-state index contributed by atoms with van der Waals surface area (Å²) in [6.45, 7) is 8.10. The van der Waals surface area contributed by atoms with Crippen molar-refractivity contribution in [3.05, 3.63) is 4.98 Å². The number of rotatable bonds is 5. The first-order chi connectivity index (χ1) is 8.91. The molecule has 19 heavy (non-hydrogen) atoms. The van der Waals surface area contributed by atoms with Crippen molar-refractivity contribution in [1.29, 1.82) is 0 Å². The Labute approximate surface area is 145 Å². The van der Waals surface area contributed by atoms with Gasteiger partial charge in [-0.1, -0.05) is 66.4 Å². The van der Waals surface area contributed by atoms with Gasteiger partial charge in [-0.05, 0) is 18.4 Å². The molecule has 0 saturated heterocycles. The molecule has 1 saturated carbocycles. The Balaban J connectivity index is 0. The Bertz CT molecular complexity index is 175. The van der Waals surface area contributed by atoms with E-state index in [1.807, 2.05) is 12.5 Å². The molecule has 1 fully saturated rings. The summed E-state index contributed by atoms with van der Waals surface area (Å²) in [5, 5.41) is 0. The van der Waals surface area contributed by atoms with Crippen LogP contribution < -0.4 is 0 Å². The topological polar surface area (TPSA) is 14.1 Å². The van der Waals surface area contributed by atoms with Crippen LogP contribution in [-0.4, -0.2) is 27.3 Å². The van der Waals surface area contributed by atoms with E-state index in [1.54, 1.807) is 11.8 Å². The van der Waals surface area contributed by atoms with Crippen LogP contribution in [0.4, 0.5) is 0 Å². The van der Waals surface area contributed by atoms with Gasteiger partial charge in [0, 0.05) is 0 Å². The Morgan fingerprint density at radius 3 is 1.95 bits per heavy atom. The first kappa shape index (κ1) is 23.3. The molecular formula is C13H30Cl2NSSiZr+. The van der Waals surface area contributed by atoms with Crippen LogP contribution in [0.2, 0.25) is 19.6 Å². The van der Waals surface area contributed by atoms with Crippen LogP contribution in [0.15, 0.2) is 0 Å². The summed E-state index contributed by atoms with van der Waals surface area (Å²) in [4.78, 5) is 4.76. The van der Waals surface area contributed by atoms with E-state index >= 15 is 0 Å². The van der Waals surface area contributed by atoms with Crippen LogP contribution in [-0.2, 0) is 20.8 Å². The molecule has 1 rings (SSSR count). The average Bonchev–Trinajstić information content (AvgIpc) is 2.78. The van der Waals surface area contributed by atoms with Gasteiger partial charge in [-0.25, -0.2) is 0 Å². The van der Waals surface area contributed by atoms with Crippen molar-refractivity contribution in [3.63, 3.8) is 0 Å². The van der Waals surface area contributed by atoms with E-state index in [0.29, 0.717) is 0 Å². The van der Waals surface area contributed by atoms with Crippen molar-refractivity contribution in [3.8, 4) is 0 Å². The Morgan fingerprint density at radius 1 is 1.16 bits per heavy atom. The van der Waals surface area contributed by atoms with Crippen molar-refractivity contribution in [2.75, 3.05) is 19.1 Å². The van der Waals surface area contributed by atoms with E-state index in [0.717, 1.165) is 12.5 Å². The molecule has 0 aromatic rings. The van der Waals surface area contributed by atoms with Gasteiger partial charge in [0.05, 0.1) is 0 Å². The fourth-order valence-electron chi connectivity index (χ4n) is 2.09. The van der Waals surface area contributed by atoms with Gasteiger partial charge >= 0.3 is 37.9 Å². The number of thioether (sulfide) groups is 1. The molecule has 0 unspecified atom stereocenters. The zero-order valence-corrected chi connectivity index (χ0v) is 18.9. The normalized spacial score (nSPS) is 14.9. The van der Waals surface area contributed by atoms with Crippen LogP contribution in [0, 0.1) is 5.92 Å². The Kier molecular flexibility index (Phi) is 20.0. The molecule has 0 heterocycles. The van der Waals surface area contributed by atoms with E-state index in [1.165, 1.54) is 38.5 Å². The molecule has 1 nitrogen and oxygen atoms in total. The molecule has 0 aromatic heterocycles. The predicted octanol–water partition coefficient (Wildman–Crippen LogP) is 6.52. The van der Waals surface area contributed by atoms with Gasteiger partial charge < -0.3 is 4.98 Å². The third-order valence-corrected chi connectivity index (χ3v) is 4.00. The summed E-state index contributed by atoms with van der Waals surface area (Å²) in [6, 6.07) is 0. The van der Waals surface area contributed by atoms with Crippen molar-refractivity contribution >= 4 is 37.0 Å². The van der Waals surface area contributed by atoms with E-state index in [4.69, 9.17) is 22.0 Å². The van der Waals surface area contributed by atoms with Crippen molar-refractivity contribution < 1.29 is 20.8 Å². The fourth-order valence-corrected chi connectivity index (χ4v) is 2.92. The maximum atomic E-state index is 4.93. The van der Waals surface area contributed by atoms with Gasteiger partial charge in [-0.2, -0.15) is 18.3 Å². The summed E-state index contributed by atoms with van der Waals surface area (Å²) < 4.78 is 0. The van der Waals surface area contributed by atoms with Gasteiger partial charge in [0.25, 0.3) is 0 Å². The average molecular weight is 423 g/mol. The van der Waals surface area contributed by atoms with Crippen molar-refractivity contribution in [2.45, 2.75) is 58.2 Å². The molecule has 0 radical (unpaired) electrons. The molecule has 1 aliphatic carbocycles. The first-order valence-electron chi connectivity index (χ1n) is 6.96. The minimum absolute atomic E-state index is 0.826. The summed E-state index contributed by atoms with van der Waals surface area (Å²) in [6.07, 6.45) is 12.8.